The molecule has 2 heterocycles. The van der Waals surface area contributed by atoms with E-state index < -0.39 is 12.6 Å². The topological polar surface area (TPSA) is 58.4 Å². The Bertz CT molecular complexity index is 454. The van der Waals surface area contributed by atoms with Crippen LogP contribution in [-0.4, -0.2) is 48.3 Å². The highest BCUT2D eigenvalue weighted by molar-refractivity contribution is 5.91. The molecule has 0 aromatic carbocycles. The Kier molecular flexibility index (Phi) is 5.82. The standard InChI is InChI=1S/C14H20F3N3O2/c15-14(16,17)5-1-6-20-7-2-11(3-8-20)10-18-13(21)12-4-9-22-19-12/h4,9,11H,1-3,5-8,10H2,(H,18,21). The normalized spacial score (nSPS) is 17.6. The molecule has 1 saturated heterocycles. The molecule has 0 saturated carbocycles. The number of alkyl halides is 3. The van der Waals surface area contributed by atoms with E-state index in [9.17, 15) is 18.0 Å². The largest absolute Gasteiger partial charge is 0.389 e. The van der Waals surface area contributed by atoms with E-state index in [-0.39, 0.29) is 18.0 Å². The van der Waals surface area contributed by atoms with Crippen molar-refractivity contribution in [3.63, 3.8) is 0 Å². The van der Waals surface area contributed by atoms with E-state index >= 15 is 0 Å². The Morgan fingerprint density at radius 1 is 1.41 bits per heavy atom. The van der Waals surface area contributed by atoms with Crippen LogP contribution in [0.5, 0.6) is 0 Å². The van der Waals surface area contributed by atoms with Gasteiger partial charge < -0.3 is 14.7 Å². The van der Waals surface area contributed by atoms with E-state index in [0.29, 0.717) is 19.0 Å². The summed E-state index contributed by atoms with van der Waals surface area (Å²) in [6.07, 6.45) is -1.54. The highest BCUT2D eigenvalue weighted by Gasteiger charge is 2.27. The van der Waals surface area contributed by atoms with Crippen LogP contribution < -0.4 is 5.32 Å². The monoisotopic (exact) mass is 319 g/mol. The summed E-state index contributed by atoms with van der Waals surface area (Å²) in [5.74, 6) is 0.0936. The minimum atomic E-state index is -4.07. The minimum Gasteiger partial charge on any atom is -0.364 e. The van der Waals surface area contributed by atoms with Gasteiger partial charge in [-0.05, 0) is 44.8 Å². The molecule has 1 N–H and O–H groups in total. The van der Waals surface area contributed by atoms with Crippen LogP contribution in [0.3, 0.4) is 0 Å². The van der Waals surface area contributed by atoms with Crippen LogP contribution in [0, 0.1) is 5.92 Å². The highest BCUT2D eigenvalue weighted by Crippen LogP contribution is 2.22. The Morgan fingerprint density at radius 2 is 2.14 bits per heavy atom. The van der Waals surface area contributed by atoms with Crippen molar-refractivity contribution in [3.8, 4) is 0 Å². The summed E-state index contributed by atoms with van der Waals surface area (Å²) in [5, 5.41) is 6.36. The molecule has 22 heavy (non-hydrogen) atoms. The number of piperidine rings is 1. The molecule has 1 aromatic heterocycles. The minimum absolute atomic E-state index is 0.150. The van der Waals surface area contributed by atoms with E-state index in [0.717, 1.165) is 25.9 Å². The fourth-order valence-electron chi connectivity index (χ4n) is 2.57. The molecular formula is C14H20F3N3O2. The molecule has 0 aliphatic carbocycles. The molecule has 124 valence electrons. The zero-order chi connectivity index (χ0) is 16.0. The third kappa shape index (κ3) is 5.67. The van der Waals surface area contributed by atoms with Crippen LogP contribution in [0.25, 0.3) is 0 Å². The van der Waals surface area contributed by atoms with E-state index in [1.807, 2.05) is 0 Å². The molecule has 2 rings (SSSR count). The predicted molar refractivity (Wildman–Crippen MR) is 73.3 cm³/mol. The number of halogens is 3. The average Bonchev–Trinajstić information content (AvgIpc) is 2.99. The average molecular weight is 319 g/mol. The van der Waals surface area contributed by atoms with Gasteiger partial charge in [0.2, 0.25) is 0 Å². The number of nitrogens with one attached hydrogen (secondary N) is 1. The van der Waals surface area contributed by atoms with Gasteiger partial charge in [-0.3, -0.25) is 4.79 Å². The van der Waals surface area contributed by atoms with E-state index in [1.54, 1.807) is 0 Å². The summed E-state index contributed by atoms with van der Waals surface area (Å²) in [4.78, 5) is 13.8. The summed E-state index contributed by atoms with van der Waals surface area (Å²) in [6, 6.07) is 1.50. The summed E-state index contributed by atoms with van der Waals surface area (Å²) >= 11 is 0. The second kappa shape index (κ2) is 7.62. The number of rotatable bonds is 6. The number of likely N-dealkylation sites (tertiary alicyclic amines) is 1. The van der Waals surface area contributed by atoms with Crippen molar-refractivity contribution in [2.45, 2.75) is 31.9 Å². The lowest BCUT2D eigenvalue weighted by Gasteiger charge is -2.32. The third-order valence-corrected chi connectivity index (χ3v) is 3.86. The first-order valence-electron chi connectivity index (χ1n) is 7.42. The third-order valence-electron chi connectivity index (χ3n) is 3.86. The number of carbonyl (C=O) groups excluding carboxylic acids is 1. The summed E-state index contributed by atoms with van der Waals surface area (Å²) in [5.41, 5.74) is 0.254. The molecule has 1 aliphatic heterocycles. The van der Waals surface area contributed by atoms with Crippen molar-refractivity contribution in [2.75, 3.05) is 26.2 Å². The second-order valence-corrected chi connectivity index (χ2v) is 5.60. The number of hydrogen-bond donors (Lipinski definition) is 1. The van der Waals surface area contributed by atoms with Crippen LogP contribution in [0.2, 0.25) is 0 Å². The lowest BCUT2D eigenvalue weighted by molar-refractivity contribution is -0.136. The van der Waals surface area contributed by atoms with Gasteiger partial charge in [-0.15, -0.1) is 0 Å². The van der Waals surface area contributed by atoms with Crippen molar-refractivity contribution >= 4 is 5.91 Å². The van der Waals surface area contributed by atoms with Crippen LogP contribution in [0.4, 0.5) is 13.2 Å². The van der Waals surface area contributed by atoms with Gasteiger partial charge in [0.1, 0.15) is 6.26 Å². The first-order valence-corrected chi connectivity index (χ1v) is 7.42. The van der Waals surface area contributed by atoms with Crippen molar-refractivity contribution in [3.05, 3.63) is 18.0 Å². The highest BCUT2D eigenvalue weighted by atomic mass is 19.4. The van der Waals surface area contributed by atoms with E-state index in [2.05, 4.69) is 19.9 Å². The molecule has 1 amide bonds. The van der Waals surface area contributed by atoms with Crippen molar-refractivity contribution in [1.29, 1.82) is 0 Å². The van der Waals surface area contributed by atoms with Gasteiger partial charge in [-0.25, -0.2) is 0 Å². The maximum absolute atomic E-state index is 12.1. The zero-order valence-electron chi connectivity index (χ0n) is 12.2. The Labute approximate surface area is 126 Å². The molecule has 8 heteroatoms. The van der Waals surface area contributed by atoms with Crippen LogP contribution in [0.1, 0.15) is 36.2 Å². The Hall–Kier alpha value is -1.57. The molecule has 0 radical (unpaired) electrons. The van der Waals surface area contributed by atoms with Gasteiger partial charge in [0, 0.05) is 19.0 Å². The van der Waals surface area contributed by atoms with Crippen LogP contribution in [0.15, 0.2) is 16.9 Å². The van der Waals surface area contributed by atoms with E-state index in [4.69, 9.17) is 0 Å². The van der Waals surface area contributed by atoms with Gasteiger partial charge in [-0.1, -0.05) is 5.16 Å². The molecule has 0 atom stereocenters. The van der Waals surface area contributed by atoms with Crippen LogP contribution in [-0.2, 0) is 0 Å². The summed E-state index contributed by atoms with van der Waals surface area (Å²) < 4.78 is 40.9. The van der Waals surface area contributed by atoms with Gasteiger partial charge in [-0.2, -0.15) is 13.2 Å². The van der Waals surface area contributed by atoms with Crippen molar-refractivity contribution in [1.82, 2.24) is 15.4 Å². The summed E-state index contributed by atoms with van der Waals surface area (Å²) in [7, 11) is 0. The number of nitrogens with zero attached hydrogens (tertiary/aromatic N) is 2. The van der Waals surface area contributed by atoms with Crippen LogP contribution >= 0.6 is 0 Å². The maximum atomic E-state index is 12.1. The SMILES string of the molecule is O=C(NCC1CCN(CCCC(F)(F)F)CC1)c1ccon1. The number of amides is 1. The second-order valence-electron chi connectivity index (χ2n) is 5.60. The molecular weight excluding hydrogens is 299 g/mol. The zero-order valence-corrected chi connectivity index (χ0v) is 12.2. The van der Waals surface area contributed by atoms with Gasteiger partial charge in [0.05, 0.1) is 0 Å². The molecule has 5 nitrogen and oxygen atoms in total. The number of hydrogen-bond acceptors (Lipinski definition) is 4. The van der Waals surface area contributed by atoms with Gasteiger partial charge >= 0.3 is 6.18 Å². The lowest BCUT2D eigenvalue weighted by atomic mass is 9.96. The first-order chi connectivity index (χ1) is 10.4. The van der Waals surface area contributed by atoms with Crippen molar-refractivity contribution in [2.24, 2.45) is 5.92 Å². The smallest absolute Gasteiger partial charge is 0.364 e. The fourth-order valence-corrected chi connectivity index (χ4v) is 2.57. The fraction of sp³-hybridized carbons (Fsp3) is 0.714. The quantitative estimate of drug-likeness (QED) is 0.875. The lowest BCUT2D eigenvalue weighted by Crippen LogP contribution is -2.39. The number of carbonyl (C=O) groups is 1. The molecule has 1 aromatic rings. The van der Waals surface area contributed by atoms with Gasteiger partial charge in [0.15, 0.2) is 5.69 Å². The Morgan fingerprint density at radius 3 is 2.73 bits per heavy atom. The van der Waals surface area contributed by atoms with E-state index in [1.165, 1.54) is 12.3 Å². The van der Waals surface area contributed by atoms with Crippen molar-refractivity contribution < 1.29 is 22.5 Å². The van der Waals surface area contributed by atoms with Gasteiger partial charge in [0.25, 0.3) is 5.91 Å². The molecule has 1 fully saturated rings. The predicted octanol–water partition coefficient (Wildman–Crippen LogP) is 2.46. The molecule has 1 aliphatic rings. The molecule has 0 spiro atoms. The maximum Gasteiger partial charge on any atom is 0.389 e. The first kappa shape index (κ1) is 16.8. The Balaban J connectivity index is 1.60. The summed E-state index contributed by atoms with van der Waals surface area (Å²) in [6.45, 7) is 2.60. The molecule has 0 unspecified atom stereocenters. The number of aromatic nitrogens is 1. The molecule has 0 bridgehead atoms.